The van der Waals surface area contributed by atoms with E-state index in [-0.39, 0.29) is 0 Å². The standard InChI is InChI=1S/C20H35N3O2/c1-17(2)8-15-25-20-18(6-4-7-19(20)24-3)16-23-13-11-22(12-14-23)10-5-9-21/h4,6-7,17H,5,8-16,21H2,1-3H3. The Bertz CT molecular complexity index is 500. The first-order valence-corrected chi connectivity index (χ1v) is 9.57. The molecule has 0 unspecified atom stereocenters. The molecule has 1 heterocycles. The minimum absolute atomic E-state index is 0.639. The summed E-state index contributed by atoms with van der Waals surface area (Å²) in [7, 11) is 1.71. The van der Waals surface area contributed by atoms with Crippen LogP contribution in [0.15, 0.2) is 18.2 Å². The van der Waals surface area contributed by atoms with Crippen molar-refractivity contribution >= 4 is 0 Å². The SMILES string of the molecule is COc1cccc(CN2CCN(CCCN)CC2)c1OCCC(C)C. The monoisotopic (exact) mass is 349 g/mol. The average molecular weight is 350 g/mol. The lowest BCUT2D eigenvalue weighted by molar-refractivity contribution is 0.125. The van der Waals surface area contributed by atoms with Gasteiger partial charge in [0.1, 0.15) is 0 Å². The predicted molar refractivity (Wildman–Crippen MR) is 103 cm³/mol. The number of para-hydroxylation sites is 1. The molecule has 0 aromatic heterocycles. The normalized spacial score (nSPS) is 16.4. The molecule has 1 aromatic carbocycles. The van der Waals surface area contributed by atoms with E-state index in [4.69, 9.17) is 15.2 Å². The largest absolute Gasteiger partial charge is 0.493 e. The van der Waals surface area contributed by atoms with E-state index in [1.807, 2.05) is 6.07 Å². The van der Waals surface area contributed by atoms with Crippen LogP contribution >= 0.6 is 0 Å². The second-order valence-corrected chi connectivity index (χ2v) is 7.24. The zero-order valence-corrected chi connectivity index (χ0v) is 16.2. The fraction of sp³-hybridized carbons (Fsp3) is 0.700. The van der Waals surface area contributed by atoms with Gasteiger partial charge in [-0.2, -0.15) is 0 Å². The molecule has 1 aliphatic rings. The number of hydrogen-bond donors (Lipinski definition) is 1. The summed E-state index contributed by atoms with van der Waals surface area (Å²) in [5, 5.41) is 0. The maximum atomic E-state index is 6.11. The molecule has 0 saturated carbocycles. The summed E-state index contributed by atoms with van der Waals surface area (Å²) in [5.41, 5.74) is 6.84. The van der Waals surface area contributed by atoms with E-state index in [0.29, 0.717) is 5.92 Å². The van der Waals surface area contributed by atoms with Crippen molar-refractivity contribution in [3.63, 3.8) is 0 Å². The average Bonchev–Trinajstić information content (AvgIpc) is 2.62. The Morgan fingerprint density at radius 1 is 1.12 bits per heavy atom. The van der Waals surface area contributed by atoms with Crippen LogP contribution in [0.4, 0.5) is 0 Å². The lowest BCUT2D eigenvalue weighted by atomic mass is 10.1. The number of methoxy groups -OCH3 is 1. The smallest absolute Gasteiger partial charge is 0.165 e. The molecule has 2 rings (SSSR count). The van der Waals surface area contributed by atoms with E-state index in [1.54, 1.807) is 7.11 Å². The Morgan fingerprint density at radius 2 is 1.84 bits per heavy atom. The van der Waals surface area contributed by atoms with Crippen LogP contribution in [0.2, 0.25) is 0 Å². The number of benzene rings is 1. The highest BCUT2D eigenvalue weighted by molar-refractivity contribution is 5.46. The fourth-order valence-corrected chi connectivity index (χ4v) is 3.13. The van der Waals surface area contributed by atoms with Crippen molar-refractivity contribution in [1.29, 1.82) is 0 Å². The van der Waals surface area contributed by atoms with Crippen molar-refractivity contribution in [2.24, 2.45) is 11.7 Å². The van der Waals surface area contributed by atoms with Crippen LogP contribution in [-0.2, 0) is 6.54 Å². The van der Waals surface area contributed by atoms with Gasteiger partial charge >= 0.3 is 0 Å². The highest BCUT2D eigenvalue weighted by Gasteiger charge is 2.19. The van der Waals surface area contributed by atoms with E-state index >= 15 is 0 Å². The van der Waals surface area contributed by atoms with Gasteiger partial charge in [0.2, 0.25) is 0 Å². The number of nitrogens with zero attached hydrogens (tertiary/aromatic N) is 2. The molecule has 2 N–H and O–H groups in total. The summed E-state index contributed by atoms with van der Waals surface area (Å²) in [4.78, 5) is 5.01. The van der Waals surface area contributed by atoms with Crippen molar-refractivity contribution in [3.05, 3.63) is 23.8 Å². The van der Waals surface area contributed by atoms with Crippen LogP contribution in [0.25, 0.3) is 0 Å². The number of ether oxygens (including phenoxy) is 2. The molecule has 1 aromatic rings. The van der Waals surface area contributed by atoms with Gasteiger partial charge in [-0.3, -0.25) is 4.90 Å². The number of rotatable bonds is 10. The van der Waals surface area contributed by atoms with Gasteiger partial charge in [0.05, 0.1) is 13.7 Å². The molecule has 0 aliphatic carbocycles. The molecular weight excluding hydrogens is 314 g/mol. The van der Waals surface area contributed by atoms with Gasteiger partial charge < -0.3 is 20.1 Å². The van der Waals surface area contributed by atoms with E-state index in [2.05, 4.69) is 35.8 Å². The lowest BCUT2D eigenvalue weighted by Crippen LogP contribution is -2.46. The molecule has 0 amide bonds. The summed E-state index contributed by atoms with van der Waals surface area (Å²) in [6, 6.07) is 6.20. The molecule has 0 bridgehead atoms. The number of nitrogens with two attached hydrogens (primary N) is 1. The first-order valence-electron chi connectivity index (χ1n) is 9.57. The van der Waals surface area contributed by atoms with E-state index < -0.39 is 0 Å². The summed E-state index contributed by atoms with van der Waals surface area (Å²) < 4.78 is 11.6. The van der Waals surface area contributed by atoms with E-state index in [0.717, 1.165) is 76.8 Å². The van der Waals surface area contributed by atoms with Gasteiger partial charge in [-0.15, -0.1) is 0 Å². The first-order chi connectivity index (χ1) is 12.1. The quantitative estimate of drug-likeness (QED) is 0.704. The second-order valence-electron chi connectivity index (χ2n) is 7.24. The zero-order chi connectivity index (χ0) is 18.1. The summed E-state index contributed by atoms with van der Waals surface area (Å²) in [6.45, 7) is 12.4. The molecule has 0 spiro atoms. The minimum atomic E-state index is 0.639. The molecule has 5 nitrogen and oxygen atoms in total. The highest BCUT2D eigenvalue weighted by atomic mass is 16.5. The molecule has 25 heavy (non-hydrogen) atoms. The molecule has 1 fully saturated rings. The summed E-state index contributed by atoms with van der Waals surface area (Å²) >= 11 is 0. The van der Waals surface area contributed by atoms with Gasteiger partial charge in [-0.1, -0.05) is 26.0 Å². The van der Waals surface area contributed by atoms with Crippen molar-refractivity contribution in [2.75, 3.05) is 53.0 Å². The van der Waals surface area contributed by atoms with Gasteiger partial charge in [0.25, 0.3) is 0 Å². The summed E-state index contributed by atoms with van der Waals surface area (Å²) in [6.07, 6.45) is 2.14. The van der Waals surface area contributed by atoms with Gasteiger partial charge in [-0.25, -0.2) is 0 Å². The maximum Gasteiger partial charge on any atom is 0.165 e. The topological polar surface area (TPSA) is 51.0 Å². The number of piperazine rings is 1. The molecule has 1 aliphatic heterocycles. The van der Waals surface area contributed by atoms with Gasteiger partial charge in [0.15, 0.2) is 11.5 Å². The van der Waals surface area contributed by atoms with Gasteiger partial charge in [-0.05, 0) is 37.9 Å². The first kappa shape index (κ1) is 20.0. The number of hydrogen-bond acceptors (Lipinski definition) is 5. The van der Waals surface area contributed by atoms with Crippen molar-refractivity contribution < 1.29 is 9.47 Å². The van der Waals surface area contributed by atoms with Crippen molar-refractivity contribution in [1.82, 2.24) is 9.80 Å². The molecule has 5 heteroatoms. The maximum absolute atomic E-state index is 6.11. The Hall–Kier alpha value is -1.30. The molecule has 0 radical (unpaired) electrons. The Kier molecular flexibility index (Phi) is 8.52. The van der Waals surface area contributed by atoms with E-state index in [9.17, 15) is 0 Å². The van der Waals surface area contributed by atoms with Crippen molar-refractivity contribution in [2.45, 2.75) is 33.2 Å². The van der Waals surface area contributed by atoms with Crippen LogP contribution in [0.5, 0.6) is 11.5 Å². The summed E-state index contributed by atoms with van der Waals surface area (Å²) in [5.74, 6) is 2.39. The third kappa shape index (κ3) is 6.49. The van der Waals surface area contributed by atoms with Crippen LogP contribution in [0.1, 0.15) is 32.3 Å². The van der Waals surface area contributed by atoms with Crippen LogP contribution in [0, 0.1) is 5.92 Å². The Balaban J connectivity index is 1.94. The molecule has 142 valence electrons. The lowest BCUT2D eigenvalue weighted by Gasteiger charge is -2.35. The van der Waals surface area contributed by atoms with Crippen molar-refractivity contribution in [3.8, 4) is 11.5 Å². The zero-order valence-electron chi connectivity index (χ0n) is 16.2. The van der Waals surface area contributed by atoms with E-state index in [1.165, 1.54) is 5.56 Å². The third-order valence-corrected chi connectivity index (χ3v) is 4.76. The Morgan fingerprint density at radius 3 is 2.48 bits per heavy atom. The molecule has 0 atom stereocenters. The fourth-order valence-electron chi connectivity index (χ4n) is 3.13. The van der Waals surface area contributed by atoms with Crippen LogP contribution in [-0.4, -0.2) is 62.8 Å². The third-order valence-electron chi connectivity index (χ3n) is 4.76. The minimum Gasteiger partial charge on any atom is -0.493 e. The highest BCUT2D eigenvalue weighted by Crippen LogP contribution is 2.32. The predicted octanol–water partition coefficient (Wildman–Crippen LogP) is 2.59. The van der Waals surface area contributed by atoms with Gasteiger partial charge in [0, 0.05) is 38.3 Å². The van der Waals surface area contributed by atoms with Crippen LogP contribution < -0.4 is 15.2 Å². The van der Waals surface area contributed by atoms with Crippen LogP contribution in [0.3, 0.4) is 0 Å². The molecule has 1 saturated heterocycles. The second kappa shape index (κ2) is 10.6. The Labute approximate surface area is 153 Å². The molecular formula is C20H35N3O2.